The molecular weight excluding hydrogens is 355 g/mol. The number of carboxylic acid groups (broad SMARTS) is 1. The molecule has 2 aromatic heterocycles. The van der Waals surface area contributed by atoms with Crippen LogP contribution in [0, 0.1) is 12.7 Å². The Kier molecular flexibility index (Phi) is 5.02. The first-order valence-electron chi connectivity index (χ1n) is 8.09. The van der Waals surface area contributed by atoms with Gasteiger partial charge in [-0.2, -0.15) is 0 Å². The maximum Gasteiger partial charge on any atom is 0.354 e. The van der Waals surface area contributed by atoms with Gasteiger partial charge in [0.1, 0.15) is 5.69 Å². The van der Waals surface area contributed by atoms with Crippen molar-refractivity contribution in [3.8, 4) is 28.9 Å². The van der Waals surface area contributed by atoms with Crippen LogP contribution < -0.4 is 9.47 Å². The molecule has 9 heteroatoms. The number of hydrogen-bond donors (Lipinski definition) is 1. The molecule has 27 heavy (non-hydrogen) atoms. The van der Waals surface area contributed by atoms with E-state index in [1.54, 1.807) is 19.9 Å². The Labute approximate surface area is 154 Å². The van der Waals surface area contributed by atoms with Crippen LogP contribution in [0.25, 0.3) is 11.5 Å². The van der Waals surface area contributed by atoms with E-state index < -0.39 is 11.8 Å². The van der Waals surface area contributed by atoms with Crippen molar-refractivity contribution >= 4 is 5.97 Å². The molecule has 0 aliphatic carbocycles. The molecule has 3 aromatic rings. The van der Waals surface area contributed by atoms with E-state index in [4.69, 9.17) is 9.47 Å². The van der Waals surface area contributed by atoms with Crippen molar-refractivity contribution in [1.82, 2.24) is 19.5 Å². The predicted octanol–water partition coefficient (Wildman–Crippen LogP) is 3.31. The molecule has 0 aliphatic heterocycles. The van der Waals surface area contributed by atoms with E-state index >= 15 is 0 Å². The van der Waals surface area contributed by atoms with E-state index in [1.165, 1.54) is 36.2 Å². The first-order valence-corrected chi connectivity index (χ1v) is 8.09. The van der Waals surface area contributed by atoms with Crippen molar-refractivity contribution in [2.24, 2.45) is 0 Å². The minimum absolute atomic E-state index is 0.0241. The van der Waals surface area contributed by atoms with Crippen LogP contribution in [0.3, 0.4) is 0 Å². The number of aromatic nitrogens is 4. The third kappa shape index (κ3) is 3.43. The summed E-state index contributed by atoms with van der Waals surface area (Å²) in [4.78, 5) is 24.1. The van der Waals surface area contributed by atoms with Gasteiger partial charge in [0, 0.05) is 6.54 Å². The number of hydrogen-bond acceptors (Lipinski definition) is 6. The van der Waals surface area contributed by atoms with Gasteiger partial charge in [-0.15, -0.1) is 0 Å². The summed E-state index contributed by atoms with van der Waals surface area (Å²) in [6.45, 7) is 3.79. The molecule has 3 rings (SSSR count). The maximum absolute atomic E-state index is 14.1. The van der Waals surface area contributed by atoms with Gasteiger partial charge < -0.3 is 19.1 Å². The lowest BCUT2D eigenvalue weighted by molar-refractivity contribution is 0.0684. The average molecular weight is 372 g/mol. The number of methoxy groups -OCH3 is 1. The number of halogens is 1. The number of para-hydroxylation sites is 1. The van der Waals surface area contributed by atoms with Gasteiger partial charge in [-0.05, 0) is 26.0 Å². The largest absolute Gasteiger partial charge is 0.493 e. The third-order valence-electron chi connectivity index (χ3n) is 3.86. The Morgan fingerprint density at radius 2 is 2.07 bits per heavy atom. The smallest absolute Gasteiger partial charge is 0.354 e. The van der Waals surface area contributed by atoms with Gasteiger partial charge in [0.2, 0.25) is 11.6 Å². The van der Waals surface area contributed by atoms with Crippen LogP contribution in [0.2, 0.25) is 0 Å². The fourth-order valence-corrected chi connectivity index (χ4v) is 2.71. The van der Waals surface area contributed by atoms with E-state index in [-0.39, 0.29) is 23.1 Å². The Hall–Kier alpha value is -3.49. The molecule has 2 heterocycles. The molecule has 1 N–H and O–H groups in total. The van der Waals surface area contributed by atoms with E-state index in [1.807, 2.05) is 0 Å². The van der Waals surface area contributed by atoms with E-state index in [9.17, 15) is 14.3 Å². The molecule has 0 saturated heterocycles. The van der Waals surface area contributed by atoms with Gasteiger partial charge in [0.05, 0.1) is 25.2 Å². The molecule has 8 nitrogen and oxygen atoms in total. The molecule has 0 unspecified atom stereocenters. The number of aryl methyl sites for hydroxylation is 1. The second kappa shape index (κ2) is 7.40. The zero-order valence-corrected chi connectivity index (χ0v) is 14.9. The second-order valence-electron chi connectivity index (χ2n) is 5.53. The summed E-state index contributed by atoms with van der Waals surface area (Å²) in [5.74, 6) is -1.24. The van der Waals surface area contributed by atoms with Gasteiger partial charge in [-0.3, -0.25) is 4.98 Å². The number of ether oxygens (including phenoxy) is 2. The Bertz CT molecular complexity index is 1000. The second-order valence-corrected chi connectivity index (χ2v) is 5.53. The highest BCUT2D eigenvalue weighted by molar-refractivity contribution is 5.88. The van der Waals surface area contributed by atoms with Gasteiger partial charge in [0.25, 0.3) is 0 Å². The van der Waals surface area contributed by atoms with Crippen molar-refractivity contribution < 1.29 is 23.8 Å². The lowest BCUT2D eigenvalue weighted by Crippen LogP contribution is -2.10. The molecule has 0 amide bonds. The highest BCUT2D eigenvalue weighted by Gasteiger charge is 2.21. The molecule has 0 radical (unpaired) electrons. The lowest BCUT2D eigenvalue weighted by atomic mass is 10.3. The third-order valence-corrected chi connectivity index (χ3v) is 3.86. The number of nitrogens with zero attached hydrogens (tertiary/aromatic N) is 4. The van der Waals surface area contributed by atoms with E-state index in [0.29, 0.717) is 23.8 Å². The van der Waals surface area contributed by atoms with Gasteiger partial charge in [-0.25, -0.2) is 19.2 Å². The van der Waals surface area contributed by atoms with Crippen LogP contribution >= 0.6 is 0 Å². The number of benzene rings is 1. The number of rotatable bonds is 6. The van der Waals surface area contributed by atoms with E-state index in [0.717, 1.165) is 0 Å². The topological polar surface area (TPSA) is 99.4 Å². The number of imidazole rings is 1. The first kappa shape index (κ1) is 18.3. The van der Waals surface area contributed by atoms with Crippen molar-refractivity contribution in [2.45, 2.75) is 20.4 Å². The molecule has 0 saturated carbocycles. The predicted molar refractivity (Wildman–Crippen MR) is 93.6 cm³/mol. The zero-order chi connectivity index (χ0) is 19.6. The van der Waals surface area contributed by atoms with Crippen LogP contribution in [0.1, 0.15) is 23.1 Å². The highest BCUT2D eigenvalue weighted by atomic mass is 19.1. The van der Waals surface area contributed by atoms with Crippen molar-refractivity contribution in [3.63, 3.8) is 0 Å². The SMILES string of the molecule is CCn1c(-c2cncc(Oc3c(F)cccc3OC)n2)nc(C)c1C(=O)O. The Morgan fingerprint density at radius 3 is 2.74 bits per heavy atom. The highest BCUT2D eigenvalue weighted by Crippen LogP contribution is 2.33. The Morgan fingerprint density at radius 1 is 1.30 bits per heavy atom. The summed E-state index contributed by atoms with van der Waals surface area (Å²) in [5, 5.41) is 9.40. The molecule has 0 aliphatic rings. The summed E-state index contributed by atoms with van der Waals surface area (Å²) in [5.41, 5.74) is 0.750. The van der Waals surface area contributed by atoms with Crippen molar-refractivity contribution in [2.75, 3.05) is 7.11 Å². The normalized spacial score (nSPS) is 10.7. The molecule has 0 atom stereocenters. The molecule has 1 aromatic carbocycles. The number of carbonyl (C=O) groups is 1. The van der Waals surface area contributed by atoms with Crippen LogP contribution in [-0.4, -0.2) is 37.7 Å². The summed E-state index contributed by atoms with van der Waals surface area (Å²) in [6, 6.07) is 4.29. The Balaban J connectivity index is 2.03. The zero-order valence-electron chi connectivity index (χ0n) is 14.9. The summed E-state index contributed by atoms with van der Waals surface area (Å²) < 4.78 is 26.2. The van der Waals surface area contributed by atoms with Crippen molar-refractivity contribution in [3.05, 3.63) is 47.8 Å². The van der Waals surface area contributed by atoms with Gasteiger partial charge in [-0.1, -0.05) is 6.07 Å². The van der Waals surface area contributed by atoms with Crippen LogP contribution in [-0.2, 0) is 6.54 Å². The summed E-state index contributed by atoms with van der Waals surface area (Å²) in [6.07, 6.45) is 2.75. The lowest BCUT2D eigenvalue weighted by Gasteiger charge is -2.11. The molecule has 0 spiro atoms. The van der Waals surface area contributed by atoms with Crippen LogP contribution in [0.15, 0.2) is 30.6 Å². The number of aromatic carboxylic acids is 1. The van der Waals surface area contributed by atoms with Crippen LogP contribution in [0.4, 0.5) is 4.39 Å². The first-order chi connectivity index (χ1) is 13.0. The molecular formula is C18H17FN4O4. The quantitative estimate of drug-likeness (QED) is 0.708. The standard InChI is InChI=1S/C18H17FN4O4/c1-4-23-15(18(24)25)10(2)21-17(23)12-8-20-9-14(22-12)27-16-11(19)6-5-7-13(16)26-3/h5-9H,4H2,1-3H3,(H,24,25). The van der Waals surface area contributed by atoms with E-state index in [2.05, 4.69) is 15.0 Å². The van der Waals surface area contributed by atoms with Crippen molar-refractivity contribution in [1.29, 1.82) is 0 Å². The maximum atomic E-state index is 14.1. The minimum atomic E-state index is -1.08. The number of carboxylic acids is 1. The molecule has 140 valence electrons. The summed E-state index contributed by atoms with van der Waals surface area (Å²) >= 11 is 0. The average Bonchev–Trinajstić information content (AvgIpc) is 3.00. The van der Waals surface area contributed by atoms with Gasteiger partial charge >= 0.3 is 5.97 Å². The monoisotopic (exact) mass is 372 g/mol. The summed E-state index contributed by atoms with van der Waals surface area (Å²) in [7, 11) is 1.40. The van der Waals surface area contributed by atoms with Crippen LogP contribution in [0.5, 0.6) is 17.4 Å². The molecule has 0 bridgehead atoms. The minimum Gasteiger partial charge on any atom is -0.493 e. The van der Waals surface area contributed by atoms with Gasteiger partial charge in [0.15, 0.2) is 23.1 Å². The molecule has 0 fully saturated rings. The fraction of sp³-hybridized carbons (Fsp3) is 0.222. The fourth-order valence-electron chi connectivity index (χ4n) is 2.71.